The van der Waals surface area contributed by atoms with E-state index >= 15 is 0 Å². The zero-order valence-corrected chi connectivity index (χ0v) is 9.97. The Kier molecular flexibility index (Phi) is 5.43. The van der Waals surface area contributed by atoms with E-state index in [-0.39, 0.29) is 0 Å². The summed E-state index contributed by atoms with van der Waals surface area (Å²) in [6, 6.07) is 2.61. The third-order valence-corrected chi connectivity index (χ3v) is 2.33. The van der Waals surface area contributed by atoms with Crippen LogP contribution in [0.5, 0.6) is 0 Å². The monoisotopic (exact) mass is 210 g/mol. The van der Waals surface area contributed by atoms with Crippen molar-refractivity contribution >= 4 is 0 Å². The predicted octanol–water partition coefficient (Wildman–Crippen LogP) is 1.93. The highest BCUT2D eigenvalue weighted by Gasteiger charge is 2.02. The fourth-order valence-electron chi connectivity index (χ4n) is 1.51. The molecular formula is C12H22N2O. The molecule has 3 heteroatoms. The molecule has 15 heavy (non-hydrogen) atoms. The van der Waals surface area contributed by atoms with Crippen molar-refractivity contribution in [2.45, 2.75) is 39.8 Å². The smallest absolute Gasteiger partial charge is 0.107 e. The van der Waals surface area contributed by atoms with Gasteiger partial charge in [-0.05, 0) is 6.07 Å². The molecule has 0 bridgehead atoms. The summed E-state index contributed by atoms with van der Waals surface area (Å²) in [7, 11) is 0. The van der Waals surface area contributed by atoms with Crippen LogP contribution in [0.15, 0.2) is 16.7 Å². The molecule has 0 spiro atoms. The van der Waals surface area contributed by atoms with Crippen LogP contribution >= 0.6 is 0 Å². The van der Waals surface area contributed by atoms with Gasteiger partial charge < -0.3 is 15.1 Å². The number of hydrogen-bond donors (Lipinski definition) is 2. The second kappa shape index (κ2) is 6.64. The average Bonchev–Trinajstić information content (AvgIpc) is 2.64. The van der Waals surface area contributed by atoms with Crippen molar-refractivity contribution in [1.29, 1.82) is 0 Å². The molecule has 0 aromatic carbocycles. The molecule has 0 radical (unpaired) electrons. The summed E-state index contributed by atoms with van der Waals surface area (Å²) < 4.78 is 5.35. The lowest BCUT2D eigenvalue weighted by Crippen LogP contribution is -2.31. The van der Waals surface area contributed by atoms with E-state index in [9.17, 15) is 0 Å². The van der Waals surface area contributed by atoms with Gasteiger partial charge in [0.05, 0.1) is 6.26 Å². The van der Waals surface area contributed by atoms with Crippen LogP contribution in [0.3, 0.4) is 0 Å². The standard InChI is InChI=1S/C12H22N2O/c1-4-12-11(5-8-15-12)9-13-6-7-14-10(2)3/h5,8,10,13-14H,4,6-7,9H2,1-3H3. The molecule has 0 aliphatic heterocycles. The molecule has 0 saturated carbocycles. The normalized spacial score (nSPS) is 11.2. The summed E-state index contributed by atoms with van der Waals surface area (Å²) in [5.74, 6) is 1.10. The first kappa shape index (κ1) is 12.3. The van der Waals surface area contributed by atoms with Gasteiger partial charge in [-0.3, -0.25) is 0 Å². The van der Waals surface area contributed by atoms with Crippen LogP contribution in [-0.4, -0.2) is 19.1 Å². The SMILES string of the molecule is CCc1occc1CNCCNC(C)C. The van der Waals surface area contributed by atoms with Crippen LogP contribution < -0.4 is 10.6 Å². The van der Waals surface area contributed by atoms with Crippen LogP contribution in [0.1, 0.15) is 32.1 Å². The van der Waals surface area contributed by atoms with E-state index in [0.29, 0.717) is 6.04 Å². The molecule has 0 aliphatic rings. The summed E-state index contributed by atoms with van der Waals surface area (Å²) in [6.45, 7) is 9.34. The molecule has 86 valence electrons. The van der Waals surface area contributed by atoms with Gasteiger partial charge in [0.1, 0.15) is 5.76 Å². The topological polar surface area (TPSA) is 37.2 Å². The fraction of sp³-hybridized carbons (Fsp3) is 0.667. The maximum atomic E-state index is 5.35. The highest BCUT2D eigenvalue weighted by molar-refractivity contribution is 5.16. The minimum Gasteiger partial charge on any atom is -0.469 e. The fourth-order valence-corrected chi connectivity index (χ4v) is 1.51. The summed E-state index contributed by atoms with van der Waals surface area (Å²) >= 11 is 0. The van der Waals surface area contributed by atoms with Gasteiger partial charge in [-0.1, -0.05) is 20.8 Å². The average molecular weight is 210 g/mol. The lowest BCUT2D eigenvalue weighted by Gasteiger charge is -2.08. The maximum absolute atomic E-state index is 5.35. The Bertz CT molecular complexity index is 268. The van der Waals surface area contributed by atoms with Crippen molar-refractivity contribution in [3.8, 4) is 0 Å². The molecule has 1 heterocycles. The Morgan fingerprint density at radius 2 is 2.13 bits per heavy atom. The first-order chi connectivity index (χ1) is 7.24. The van der Waals surface area contributed by atoms with Crippen LogP contribution in [0.2, 0.25) is 0 Å². The molecule has 1 aromatic heterocycles. The largest absolute Gasteiger partial charge is 0.469 e. The van der Waals surface area contributed by atoms with Gasteiger partial charge in [0, 0.05) is 37.7 Å². The first-order valence-electron chi connectivity index (χ1n) is 5.73. The molecule has 2 N–H and O–H groups in total. The predicted molar refractivity (Wildman–Crippen MR) is 62.9 cm³/mol. The number of furan rings is 1. The van der Waals surface area contributed by atoms with E-state index in [1.165, 1.54) is 5.56 Å². The third-order valence-electron chi connectivity index (χ3n) is 2.33. The highest BCUT2D eigenvalue weighted by atomic mass is 16.3. The molecule has 3 nitrogen and oxygen atoms in total. The van der Waals surface area contributed by atoms with Crippen molar-refractivity contribution < 1.29 is 4.42 Å². The van der Waals surface area contributed by atoms with Gasteiger partial charge in [-0.25, -0.2) is 0 Å². The summed E-state index contributed by atoms with van der Waals surface area (Å²) in [6.07, 6.45) is 2.73. The van der Waals surface area contributed by atoms with Gasteiger partial charge in [-0.15, -0.1) is 0 Å². The quantitative estimate of drug-likeness (QED) is 0.675. The number of nitrogens with one attached hydrogen (secondary N) is 2. The second-order valence-electron chi connectivity index (χ2n) is 4.01. The number of hydrogen-bond acceptors (Lipinski definition) is 3. The lowest BCUT2D eigenvalue weighted by molar-refractivity contribution is 0.505. The minimum absolute atomic E-state index is 0.562. The van der Waals surface area contributed by atoms with Crippen LogP contribution in [-0.2, 0) is 13.0 Å². The molecule has 1 aromatic rings. The third kappa shape index (κ3) is 4.49. The summed E-state index contributed by atoms with van der Waals surface area (Å²) in [5, 5.41) is 6.76. The maximum Gasteiger partial charge on any atom is 0.107 e. The minimum atomic E-state index is 0.562. The molecule has 0 aliphatic carbocycles. The van der Waals surface area contributed by atoms with E-state index < -0.39 is 0 Å². The summed E-state index contributed by atoms with van der Waals surface area (Å²) in [4.78, 5) is 0. The van der Waals surface area contributed by atoms with Crippen LogP contribution in [0.4, 0.5) is 0 Å². The second-order valence-corrected chi connectivity index (χ2v) is 4.01. The van der Waals surface area contributed by atoms with E-state index in [2.05, 4.69) is 31.4 Å². The van der Waals surface area contributed by atoms with E-state index in [4.69, 9.17) is 4.42 Å². The Morgan fingerprint density at radius 1 is 1.33 bits per heavy atom. The van der Waals surface area contributed by atoms with Crippen molar-refractivity contribution in [2.24, 2.45) is 0 Å². The molecule has 0 amide bonds. The van der Waals surface area contributed by atoms with E-state index in [1.54, 1.807) is 6.26 Å². The van der Waals surface area contributed by atoms with Crippen molar-refractivity contribution in [3.05, 3.63) is 23.7 Å². The van der Waals surface area contributed by atoms with Gasteiger partial charge >= 0.3 is 0 Å². The molecular weight excluding hydrogens is 188 g/mol. The van der Waals surface area contributed by atoms with Crippen molar-refractivity contribution in [2.75, 3.05) is 13.1 Å². The first-order valence-corrected chi connectivity index (χ1v) is 5.73. The Morgan fingerprint density at radius 3 is 2.80 bits per heavy atom. The molecule has 1 rings (SSSR count). The van der Waals surface area contributed by atoms with Gasteiger partial charge in [0.25, 0.3) is 0 Å². The highest BCUT2D eigenvalue weighted by Crippen LogP contribution is 2.10. The summed E-state index contributed by atoms with van der Waals surface area (Å²) in [5.41, 5.74) is 1.28. The zero-order valence-electron chi connectivity index (χ0n) is 9.97. The van der Waals surface area contributed by atoms with Crippen LogP contribution in [0.25, 0.3) is 0 Å². The number of aryl methyl sites for hydroxylation is 1. The Labute approximate surface area is 92.2 Å². The van der Waals surface area contributed by atoms with Gasteiger partial charge in [0.15, 0.2) is 0 Å². The van der Waals surface area contributed by atoms with Crippen LogP contribution in [0, 0.1) is 0 Å². The van der Waals surface area contributed by atoms with Gasteiger partial charge in [0.2, 0.25) is 0 Å². The lowest BCUT2D eigenvalue weighted by atomic mass is 10.2. The number of rotatable bonds is 7. The zero-order chi connectivity index (χ0) is 11.1. The Hall–Kier alpha value is -0.800. The van der Waals surface area contributed by atoms with Gasteiger partial charge in [-0.2, -0.15) is 0 Å². The molecule has 0 atom stereocenters. The Balaban J connectivity index is 2.15. The van der Waals surface area contributed by atoms with E-state index in [1.807, 2.05) is 6.07 Å². The van der Waals surface area contributed by atoms with Crippen molar-refractivity contribution in [3.63, 3.8) is 0 Å². The molecule has 0 saturated heterocycles. The van der Waals surface area contributed by atoms with Crippen molar-refractivity contribution in [1.82, 2.24) is 10.6 Å². The molecule has 0 fully saturated rings. The molecule has 0 unspecified atom stereocenters. The van der Waals surface area contributed by atoms with E-state index in [0.717, 1.165) is 31.8 Å².